The summed E-state index contributed by atoms with van der Waals surface area (Å²) >= 11 is 0. The smallest absolute Gasteiger partial charge is 0.320 e. The van der Waals surface area contributed by atoms with E-state index in [1.165, 1.54) is 7.11 Å². The highest BCUT2D eigenvalue weighted by Crippen LogP contribution is 2.31. The van der Waals surface area contributed by atoms with Gasteiger partial charge in [-0.1, -0.05) is 6.07 Å². The van der Waals surface area contributed by atoms with Gasteiger partial charge in [-0.3, -0.25) is 9.69 Å². The number of ether oxygens (including phenoxy) is 2. The fraction of sp³-hybridized carbons (Fsp3) is 0.533. The fourth-order valence-electron chi connectivity index (χ4n) is 2.71. The first-order chi connectivity index (χ1) is 10.1. The SMILES string of the molecule is COc1ccc(C(O)CN2CCCC2C(=O)O)cc1OC. The first kappa shape index (κ1) is 15.6. The second kappa shape index (κ2) is 6.78. The Hall–Kier alpha value is -1.79. The average molecular weight is 295 g/mol. The van der Waals surface area contributed by atoms with Gasteiger partial charge in [0.2, 0.25) is 0 Å². The number of carbonyl (C=O) groups is 1. The highest BCUT2D eigenvalue weighted by Gasteiger charge is 2.31. The second-order valence-corrected chi connectivity index (χ2v) is 5.12. The number of hydrogen-bond donors (Lipinski definition) is 2. The number of carboxylic acid groups (broad SMARTS) is 1. The minimum Gasteiger partial charge on any atom is -0.493 e. The number of aliphatic hydroxyl groups is 1. The van der Waals surface area contributed by atoms with E-state index >= 15 is 0 Å². The molecule has 0 aromatic heterocycles. The standard InChI is InChI=1S/C15H21NO5/c1-20-13-6-5-10(8-14(13)21-2)12(17)9-16-7-3-4-11(16)15(18)19/h5-6,8,11-12,17H,3-4,7,9H2,1-2H3,(H,18,19). The van der Waals surface area contributed by atoms with Crippen molar-refractivity contribution in [1.82, 2.24) is 4.90 Å². The quantitative estimate of drug-likeness (QED) is 0.823. The predicted molar refractivity (Wildman–Crippen MR) is 76.7 cm³/mol. The first-order valence-corrected chi connectivity index (χ1v) is 6.93. The molecular formula is C15H21NO5. The summed E-state index contributed by atoms with van der Waals surface area (Å²) in [4.78, 5) is 13.0. The van der Waals surface area contributed by atoms with Crippen LogP contribution in [0.4, 0.5) is 0 Å². The van der Waals surface area contributed by atoms with Crippen LogP contribution in [-0.2, 0) is 4.79 Å². The molecule has 6 heteroatoms. The summed E-state index contributed by atoms with van der Waals surface area (Å²) in [5.74, 6) is 0.315. The highest BCUT2D eigenvalue weighted by atomic mass is 16.5. The molecule has 2 rings (SSSR count). The van der Waals surface area contributed by atoms with Crippen LogP contribution in [0.1, 0.15) is 24.5 Å². The number of nitrogens with zero attached hydrogens (tertiary/aromatic N) is 1. The van der Waals surface area contributed by atoms with Gasteiger partial charge in [0, 0.05) is 6.54 Å². The number of aliphatic hydroxyl groups excluding tert-OH is 1. The van der Waals surface area contributed by atoms with E-state index in [1.807, 2.05) is 4.90 Å². The third-order valence-electron chi connectivity index (χ3n) is 3.85. The summed E-state index contributed by atoms with van der Waals surface area (Å²) in [6.45, 7) is 0.994. The van der Waals surface area contributed by atoms with Crippen molar-refractivity contribution < 1.29 is 24.5 Å². The molecule has 1 heterocycles. The molecule has 1 fully saturated rings. The highest BCUT2D eigenvalue weighted by molar-refractivity contribution is 5.73. The zero-order valence-electron chi connectivity index (χ0n) is 12.3. The molecule has 21 heavy (non-hydrogen) atoms. The molecule has 116 valence electrons. The van der Waals surface area contributed by atoms with Crippen molar-refractivity contribution in [3.05, 3.63) is 23.8 Å². The summed E-state index contributed by atoms with van der Waals surface area (Å²) < 4.78 is 10.4. The van der Waals surface area contributed by atoms with E-state index in [2.05, 4.69) is 0 Å². The molecule has 0 bridgehead atoms. The molecule has 0 aliphatic carbocycles. The molecular weight excluding hydrogens is 274 g/mol. The molecule has 0 spiro atoms. The van der Waals surface area contributed by atoms with Crippen LogP contribution >= 0.6 is 0 Å². The maximum absolute atomic E-state index is 11.2. The summed E-state index contributed by atoms with van der Waals surface area (Å²) in [6, 6.07) is 4.71. The Morgan fingerprint density at radius 2 is 2.10 bits per heavy atom. The van der Waals surface area contributed by atoms with E-state index in [0.717, 1.165) is 6.42 Å². The van der Waals surface area contributed by atoms with Crippen LogP contribution in [0.2, 0.25) is 0 Å². The van der Waals surface area contributed by atoms with Gasteiger partial charge >= 0.3 is 5.97 Å². The third kappa shape index (κ3) is 3.46. The normalized spacial score (nSPS) is 20.2. The Bertz CT molecular complexity index is 505. The van der Waals surface area contributed by atoms with E-state index < -0.39 is 18.1 Å². The largest absolute Gasteiger partial charge is 0.493 e. The summed E-state index contributed by atoms with van der Waals surface area (Å²) in [5, 5.41) is 19.5. The lowest BCUT2D eigenvalue weighted by Gasteiger charge is -2.24. The zero-order chi connectivity index (χ0) is 15.4. The lowest BCUT2D eigenvalue weighted by atomic mass is 10.1. The monoisotopic (exact) mass is 295 g/mol. The van der Waals surface area contributed by atoms with Gasteiger partial charge in [-0.2, -0.15) is 0 Å². The van der Waals surface area contributed by atoms with Gasteiger partial charge in [0.15, 0.2) is 11.5 Å². The average Bonchev–Trinajstić information content (AvgIpc) is 2.94. The van der Waals surface area contributed by atoms with Gasteiger partial charge in [-0.05, 0) is 37.1 Å². The lowest BCUT2D eigenvalue weighted by molar-refractivity contribution is -0.142. The Morgan fingerprint density at radius 1 is 1.38 bits per heavy atom. The molecule has 1 saturated heterocycles. The number of hydrogen-bond acceptors (Lipinski definition) is 5. The van der Waals surface area contributed by atoms with Crippen molar-refractivity contribution in [2.45, 2.75) is 25.0 Å². The molecule has 2 unspecified atom stereocenters. The molecule has 0 saturated carbocycles. The summed E-state index contributed by atoms with van der Waals surface area (Å²) in [7, 11) is 3.09. The number of carboxylic acids is 1. The van der Waals surface area contributed by atoms with Gasteiger partial charge in [0.05, 0.1) is 20.3 Å². The van der Waals surface area contributed by atoms with Crippen molar-refractivity contribution >= 4 is 5.97 Å². The van der Waals surface area contributed by atoms with Gasteiger partial charge in [0.1, 0.15) is 6.04 Å². The van der Waals surface area contributed by atoms with E-state index in [9.17, 15) is 9.90 Å². The van der Waals surface area contributed by atoms with Crippen LogP contribution < -0.4 is 9.47 Å². The van der Waals surface area contributed by atoms with Crippen LogP contribution in [0.25, 0.3) is 0 Å². The van der Waals surface area contributed by atoms with Crippen molar-refractivity contribution in [2.75, 3.05) is 27.3 Å². The molecule has 2 N–H and O–H groups in total. The van der Waals surface area contributed by atoms with Crippen molar-refractivity contribution in [1.29, 1.82) is 0 Å². The van der Waals surface area contributed by atoms with E-state index in [4.69, 9.17) is 14.6 Å². The van der Waals surface area contributed by atoms with E-state index in [1.54, 1.807) is 25.3 Å². The zero-order valence-corrected chi connectivity index (χ0v) is 12.3. The molecule has 2 atom stereocenters. The van der Waals surface area contributed by atoms with Gasteiger partial charge in [-0.15, -0.1) is 0 Å². The maximum atomic E-state index is 11.2. The van der Waals surface area contributed by atoms with Crippen molar-refractivity contribution in [3.8, 4) is 11.5 Å². The molecule has 0 radical (unpaired) electrons. The lowest BCUT2D eigenvalue weighted by Crippen LogP contribution is -2.38. The number of benzene rings is 1. The molecule has 1 aromatic rings. The molecule has 0 amide bonds. The van der Waals surface area contributed by atoms with E-state index in [0.29, 0.717) is 36.6 Å². The van der Waals surface area contributed by atoms with Gasteiger partial charge in [0.25, 0.3) is 0 Å². The number of methoxy groups -OCH3 is 2. The summed E-state index contributed by atoms with van der Waals surface area (Å²) in [6.07, 6.45) is 0.716. The van der Waals surface area contributed by atoms with Crippen LogP contribution in [-0.4, -0.2) is 54.4 Å². The Labute approximate surface area is 123 Å². The fourth-order valence-corrected chi connectivity index (χ4v) is 2.71. The second-order valence-electron chi connectivity index (χ2n) is 5.12. The van der Waals surface area contributed by atoms with Crippen LogP contribution in [0, 0.1) is 0 Å². The van der Waals surface area contributed by atoms with Crippen LogP contribution in [0.5, 0.6) is 11.5 Å². The van der Waals surface area contributed by atoms with Crippen molar-refractivity contribution in [3.63, 3.8) is 0 Å². The summed E-state index contributed by atoms with van der Waals surface area (Å²) in [5.41, 5.74) is 0.684. The number of aliphatic carboxylic acids is 1. The number of β-amino-alcohol motifs (C(OH)–C–C–N with tert-alkyl or cyclic N) is 1. The third-order valence-corrected chi connectivity index (χ3v) is 3.85. The van der Waals surface area contributed by atoms with Gasteiger partial charge in [-0.25, -0.2) is 0 Å². The predicted octanol–water partition coefficient (Wildman–Crippen LogP) is 1.29. The Kier molecular flexibility index (Phi) is 5.03. The number of rotatable bonds is 6. The van der Waals surface area contributed by atoms with Gasteiger partial charge < -0.3 is 19.7 Å². The Balaban J connectivity index is 2.09. The maximum Gasteiger partial charge on any atom is 0.320 e. The molecule has 1 aliphatic rings. The Morgan fingerprint density at radius 3 is 2.71 bits per heavy atom. The van der Waals surface area contributed by atoms with Crippen LogP contribution in [0.3, 0.4) is 0 Å². The number of likely N-dealkylation sites (tertiary alicyclic amines) is 1. The molecule has 1 aromatic carbocycles. The van der Waals surface area contributed by atoms with Crippen LogP contribution in [0.15, 0.2) is 18.2 Å². The first-order valence-electron chi connectivity index (χ1n) is 6.93. The molecule has 6 nitrogen and oxygen atoms in total. The minimum absolute atomic E-state index is 0.298. The topological polar surface area (TPSA) is 79.2 Å². The van der Waals surface area contributed by atoms with E-state index in [-0.39, 0.29) is 0 Å². The van der Waals surface area contributed by atoms with Crippen molar-refractivity contribution in [2.24, 2.45) is 0 Å². The minimum atomic E-state index is -0.827. The molecule has 1 aliphatic heterocycles.